The lowest BCUT2D eigenvalue weighted by Crippen LogP contribution is -1.71. The number of rotatable bonds is 5. The average Bonchev–Trinajstić information content (AvgIpc) is 1.89. The molecular formula is C9H17. The molecule has 0 aliphatic carbocycles. The molecule has 0 heteroatoms. The topological polar surface area (TPSA) is 0 Å². The molecule has 0 atom stereocenters. The number of unbranched alkanes of at least 4 members (excludes halogenated alkanes) is 3. The van der Waals surface area contributed by atoms with Crippen molar-refractivity contribution in [2.45, 2.75) is 39.5 Å². The van der Waals surface area contributed by atoms with Gasteiger partial charge in [-0.1, -0.05) is 38.8 Å². The summed E-state index contributed by atoms with van der Waals surface area (Å²) in [5, 5.41) is 0. The van der Waals surface area contributed by atoms with Crippen molar-refractivity contribution in [1.29, 1.82) is 0 Å². The van der Waals surface area contributed by atoms with Crippen molar-refractivity contribution in [1.82, 2.24) is 0 Å². The van der Waals surface area contributed by atoms with Gasteiger partial charge < -0.3 is 0 Å². The molecule has 0 spiro atoms. The second-order valence-corrected chi connectivity index (χ2v) is 2.19. The SMILES string of the molecule is CCC=CC[CH]CCC. The van der Waals surface area contributed by atoms with E-state index < -0.39 is 0 Å². The zero-order valence-electron chi connectivity index (χ0n) is 6.56. The molecule has 1 radical (unpaired) electrons. The van der Waals surface area contributed by atoms with Crippen molar-refractivity contribution in [3.05, 3.63) is 18.6 Å². The Morgan fingerprint density at radius 2 is 1.89 bits per heavy atom. The highest BCUT2D eigenvalue weighted by atomic mass is 13.9. The maximum atomic E-state index is 2.33. The highest BCUT2D eigenvalue weighted by Gasteiger charge is 1.79. The van der Waals surface area contributed by atoms with Crippen molar-refractivity contribution in [2.24, 2.45) is 0 Å². The van der Waals surface area contributed by atoms with Crippen molar-refractivity contribution in [2.75, 3.05) is 0 Å². The van der Waals surface area contributed by atoms with E-state index in [1.165, 1.54) is 19.3 Å². The van der Waals surface area contributed by atoms with Gasteiger partial charge in [0.1, 0.15) is 0 Å². The lowest BCUT2D eigenvalue weighted by molar-refractivity contribution is 0.873. The van der Waals surface area contributed by atoms with Gasteiger partial charge in [-0.2, -0.15) is 0 Å². The molecule has 0 fully saturated rings. The molecule has 0 nitrogen and oxygen atoms in total. The fourth-order valence-corrected chi connectivity index (χ4v) is 0.681. The minimum atomic E-state index is 1.15. The van der Waals surface area contributed by atoms with Crippen LogP contribution in [0, 0.1) is 6.42 Å². The molecule has 0 aliphatic heterocycles. The van der Waals surface area contributed by atoms with Crippen molar-refractivity contribution < 1.29 is 0 Å². The number of hydrogen-bond acceptors (Lipinski definition) is 0. The zero-order valence-corrected chi connectivity index (χ0v) is 6.56. The second kappa shape index (κ2) is 7.74. The molecule has 0 aromatic rings. The van der Waals surface area contributed by atoms with Crippen LogP contribution in [0.4, 0.5) is 0 Å². The minimum Gasteiger partial charge on any atom is -0.0888 e. The minimum absolute atomic E-state index is 1.15. The van der Waals surface area contributed by atoms with Crippen LogP contribution in [-0.2, 0) is 0 Å². The summed E-state index contributed by atoms with van der Waals surface area (Å²) in [6, 6.07) is 0. The van der Waals surface area contributed by atoms with Crippen LogP contribution in [-0.4, -0.2) is 0 Å². The third-order valence-electron chi connectivity index (χ3n) is 1.20. The van der Waals surface area contributed by atoms with Crippen LogP contribution in [0.3, 0.4) is 0 Å². The van der Waals surface area contributed by atoms with Gasteiger partial charge >= 0.3 is 0 Å². The van der Waals surface area contributed by atoms with Crippen LogP contribution in [0.15, 0.2) is 12.2 Å². The highest BCUT2D eigenvalue weighted by molar-refractivity contribution is 4.85. The summed E-state index contributed by atoms with van der Waals surface area (Å²) in [5.74, 6) is 0. The number of hydrogen-bond donors (Lipinski definition) is 0. The average molecular weight is 125 g/mol. The first kappa shape index (κ1) is 8.74. The molecule has 0 bridgehead atoms. The molecule has 0 aliphatic rings. The van der Waals surface area contributed by atoms with Crippen molar-refractivity contribution in [3.63, 3.8) is 0 Å². The Morgan fingerprint density at radius 3 is 2.44 bits per heavy atom. The van der Waals surface area contributed by atoms with Gasteiger partial charge in [-0.05, 0) is 19.3 Å². The fourth-order valence-electron chi connectivity index (χ4n) is 0.681. The van der Waals surface area contributed by atoms with Gasteiger partial charge in [0.15, 0.2) is 0 Å². The van der Waals surface area contributed by atoms with Gasteiger partial charge in [-0.15, -0.1) is 0 Å². The Labute approximate surface area is 59.0 Å². The van der Waals surface area contributed by atoms with E-state index in [0.717, 1.165) is 6.42 Å². The van der Waals surface area contributed by atoms with E-state index in [1.54, 1.807) is 0 Å². The molecule has 0 N–H and O–H groups in total. The normalized spacial score (nSPS) is 10.9. The molecule has 0 rings (SSSR count). The van der Waals surface area contributed by atoms with Gasteiger partial charge in [0.05, 0.1) is 0 Å². The van der Waals surface area contributed by atoms with Crippen molar-refractivity contribution in [3.8, 4) is 0 Å². The van der Waals surface area contributed by atoms with Gasteiger partial charge in [-0.3, -0.25) is 0 Å². The van der Waals surface area contributed by atoms with E-state index in [2.05, 4.69) is 32.4 Å². The first-order valence-electron chi connectivity index (χ1n) is 3.88. The predicted molar refractivity (Wildman–Crippen MR) is 43.3 cm³/mol. The third-order valence-corrected chi connectivity index (χ3v) is 1.20. The molecular weight excluding hydrogens is 108 g/mol. The second-order valence-electron chi connectivity index (χ2n) is 2.19. The van der Waals surface area contributed by atoms with Crippen LogP contribution in [0.5, 0.6) is 0 Å². The molecule has 9 heavy (non-hydrogen) atoms. The maximum absolute atomic E-state index is 2.33. The Balaban J connectivity index is 2.82. The molecule has 0 amide bonds. The first-order valence-corrected chi connectivity index (χ1v) is 3.88. The molecule has 0 heterocycles. The summed E-state index contributed by atoms with van der Waals surface area (Å²) in [4.78, 5) is 0. The quantitative estimate of drug-likeness (QED) is 0.390. The van der Waals surface area contributed by atoms with Crippen LogP contribution < -0.4 is 0 Å². The maximum Gasteiger partial charge on any atom is -0.0319 e. The molecule has 0 saturated heterocycles. The van der Waals surface area contributed by atoms with Gasteiger partial charge in [0, 0.05) is 0 Å². The van der Waals surface area contributed by atoms with Crippen LogP contribution in [0.25, 0.3) is 0 Å². The molecule has 0 aromatic carbocycles. The smallest absolute Gasteiger partial charge is 0.0319 e. The largest absolute Gasteiger partial charge is 0.0888 e. The molecule has 0 unspecified atom stereocenters. The van der Waals surface area contributed by atoms with Gasteiger partial charge in [0.25, 0.3) is 0 Å². The Hall–Kier alpha value is -0.260. The summed E-state index contributed by atoms with van der Waals surface area (Å²) in [6.07, 6.45) is 11.6. The Morgan fingerprint density at radius 1 is 1.11 bits per heavy atom. The summed E-state index contributed by atoms with van der Waals surface area (Å²) in [5.41, 5.74) is 0. The lowest BCUT2D eigenvalue weighted by atomic mass is 10.2. The summed E-state index contributed by atoms with van der Waals surface area (Å²) < 4.78 is 0. The fraction of sp³-hybridized carbons (Fsp3) is 0.667. The highest BCUT2D eigenvalue weighted by Crippen LogP contribution is 1.97. The van der Waals surface area contributed by atoms with E-state index in [9.17, 15) is 0 Å². The molecule has 0 aromatic heterocycles. The zero-order chi connectivity index (χ0) is 6.95. The van der Waals surface area contributed by atoms with E-state index >= 15 is 0 Å². The van der Waals surface area contributed by atoms with E-state index in [1.807, 2.05) is 0 Å². The van der Waals surface area contributed by atoms with Crippen LogP contribution in [0.2, 0.25) is 0 Å². The van der Waals surface area contributed by atoms with Gasteiger partial charge in [0.2, 0.25) is 0 Å². The van der Waals surface area contributed by atoms with E-state index in [-0.39, 0.29) is 0 Å². The summed E-state index contributed by atoms with van der Waals surface area (Å²) >= 11 is 0. The van der Waals surface area contributed by atoms with Crippen LogP contribution in [0.1, 0.15) is 39.5 Å². The lowest BCUT2D eigenvalue weighted by Gasteiger charge is -1.89. The Bertz CT molecular complexity index is 62.4. The van der Waals surface area contributed by atoms with Crippen molar-refractivity contribution >= 4 is 0 Å². The predicted octanol–water partition coefficient (Wildman–Crippen LogP) is 3.35. The van der Waals surface area contributed by atoms with E-state index in [0.29, 0.717) is 0 Å². The first-order chi connectivity index (χ1) is 4.41. The third kappa shape index (κ3) is 7.74. The summed E-state index contributed by atoms with van der Waals surface area (Å²) in [7, 11) is 0. The van der Waals surface area contributed by atoms with Gasteiger partial charge in [-0.25, -0.2) is 0 Å². The van der Waals surface area contributed by atoms with E-state index in [4.69, 9.17) is 0 Å². The monoisotopic (exact) mass is 125 g/mol. The molecule has 53 valence electrons. The summed E-state index contributed by atoms with van der Waals surface area (Å²) in [6.45, 7) is 4.37. The number of allylic oxidation sites excluding steroid dienone is 2. The standard InChI is InChI=1S/C9H17/c1-3-5-7-9-8-6-4-2/h5,7-8H,3-4,6,9H2,1-2H3. The Kier molecular flexibility index (Phi) is 7.52. The molecule has 0 saturated carbocycles. The van der Waals surface area contributed by atoms with Crippen LogP contribution >= 0.6 is 0 Å².